The molecule has 2 aromatic heterocycles. The molecule has 0 spiro atoms. The molecule has 4 rings (SSSR count). The number of H-pyrrole nitrogens is 1. The van der Waals surface area contributed by atoms with Gasteiger partial charge in [-0.25, -0.2) is 0 Å². The van der Waals surface area contributed by atoms with Crippen molar-refractivity contribution in [3.8, 4) is 0 Å². The average Bonchev–Trinajstić information content (AvgIpc) is 3.09. The summed E-state index contributed by atoms with van der Waals surface area (Å²) in [6, 6.07) is 7.31. The van der Waals surface area contributed by atoms with Gasteiger partial charge in [0.25, 0.3) is 5.91 Å². The zero-order chi connectivity index (χ0) is 16.5. The van der Waals surface area contributed by atoms with Crippen molar-refractivity contribution in [2.75, 3.05) is 0 Å². The molecule has 1 aromatic carbocycles. The van der Waals surface area contributed by atoms with Crippen LogP contribution in [0.1, 0.15) is 41.4 Å². The Hall–Kier alpha value is -2.34. The topological polar surface area (TPSA) is 75.6 Å². The van der Waals surface area contributed by atoms with Gasteiger partial charge in [0.15, 0.2) is 5.82 Å². The minimum absolute atomic E-state index is 0.159. The smallest absolute Gasteiger partial charge is 0.268 e. The van der Waals surface area contributed by atoms with E-state index in [0.29, 0.717) is 17.3 Å². The Labute approximate surface area is 144 Å². The van der Waals surface area contributed by atoms with Gasteiger partial charge in [-0.15, -0.1) is 10.2 Å². The van der Waals surface area contributed by atoms with E-state index in [1.165, 1.54) is 6.42 Å². The van der Waals surface area contributed by atoms with Crippen LogP contribution in [0.3, 0.4) is 0 Å². The SMILES string of the molecule is O=C(NCc1nnc2n1CCCCC2)c1cc2cc(Cl)ccc2[nH]1. The molecule has 0 fully saturated rings. The van der Waals surface area contributed by atoms with E-state index < -0.39 is 0 Å². The molecule has 0 saturated heterocycles. The number of aryl methyl sites for hydroxylation is 1. The zero-order valence-corrected chi connectivity index (χ0v) is 13.9. The van der Waals surface area contributed by atoms with E-state index in [-0.39, 0.29) is 5.91 Å². The van der Waals surface area contributed by atoms with Gasteiger partial charge in [0, 0.05) is 28.9 Å². The summed E-state index contributed by atoms with van der Waals surface area (Å²) in [5.74, 6) is 1.68. The summed E-state index contributed by atoms with van der Waals surface area (Å²) in [5.41, 5.74) is 1.41. The summed E-state index contributed by atoms with van der Waals surface area (Å²) >= 11 is 5.98. The minimum Gasteiger partial charge on any atom is -0.351 e. The van der Waals surface area contributed by atoms with E-state index in [1.54, 1.807) is 12.1 Å². The number of aromatic nitrogens is 4. The van der Waals surface area contributed by atoms with Crippen LogP contribution >= 0.6 is 11.6 Å². The number of aromatic amines is 1. The van der Waals surface area contributed by atoms with Crippen molar-refractivity contribution < 1.29 is 4.79 Å². The number of hydrogen-bond donors (Lipinski definition) is 2. The molecule has 0 saturated carbocycles. The Kier molecular flexibility index (Phi) is 3.98. The molecule has 0 unspecified atom stereocenters. The highest BCUT2D eigenvalue weighted by molar-refractivity contribution is 6.31. The Morgan fingerprint density at radius 2 is 2.17 bits per heavy atom. The lowest BCUT2D eigenvalue weighted by Gasteiger charge is -2.07. The Morgan fingerprint density at radius 3 is 3.08 bits per heavy atom. The second kappa shape index (κ2) is 6.28. The monoisotopic (exact) mass is 343 g/mol. The number of carbonyl (C=O) groups excluding carboxylic acids is 1. The van der Waals surface area contributed by atoms with Gasteiger partial charge in [0.2, 0.25) is 0 Å². The maximum Gasteiger partial charge on any atom is 0.268 e. The third-order valence-electron chi connectivity index (χ3n) is 4.42. The lowest BCUT2D eigenvalue weighted by molar-refractivity contribution is 0.0945. The highest BCUT2D eigenvalue weighted by Gasteiger charge is 2.16. The number of amides is 1. The predicted molar refractivity (Wildman–Crippen MR) is 92.1 cm³/mol. The first-order valence-electron chi connectivity index (χ1n) is 8.18. The van der Waals surface area contributed by atoms with Crippen molar-refractivity contribution in [1.82, 2.24) is 25.1 Å². The maximum atomic E-state index is 12.4. The molecule has 24 heavy (non-hydrogen) atoms. The van der Waals surface area contributed by atoms with E-state index in [2.05, 4.69) is 25.1 Å². The molecule has 0 atom stereocenters. The Bertz CT molecular complexity index is 898. The van der Waals surface area contributed by atoms with Crippen molar-refractivity contribution in [3.05, 3.63) is 46.6 Å². The van der Waals surface area contributed by atoms with Crippen LogP contribution in [0.2, 0.25) is 5.02 Å². The van der Waals surface area contributed by atoms with Crippen LogP contribution < -0.4 is 5.32 Å². The molecular formula is C17H18ClN5O. The van der Waals surface area contributed by atoms with Crippen LogP contribution in [0.25, 0.3) is 10.9 Å². The number of hydrogen-bond acceptors (Lipinski definition) is 3. The van der Waals surface area contributed by atoms with Gasteiger partial charge < -0.3 is 14.9 Å². The van der Waals surface area contributed by atoms with Crippen LogP contribution in [0.4, 0.5) is 0 Å². The standard InChI is InChI=1S/C17H18ClN5O/c18-12-5-6-13-11(8-12)9-14(20-13)17(24)19-10-16-22-21-15-4-2-1-3-7-23(15)16/h5-6,8-9,20H,1-4,7,10H2,(H,19,24). The molecule has 1 aliphatic rings. The molecule has 3 heterocycles. The van der Waals surface area contributed by atoms with Gasteiger partial charge in [0.05, 0.1) is 6.54 Å². The lowest BCUT2D eigenvalue weighted by Crippen LogP contribution is -2.25. The van der Waals surface area contributed by atoms with Crippen LogP contribution in [0, 0.1) is 0 Å². The quantitative estimate of drug-likeness (QED) is 0.767. The van der Waals surface area contributed by atoms with Crippen LogP contribution in [0.5, 0.6) is 0 Å². The van der Waals surface area contributed by atoms with E-state index >= 15 is 0 Å². The second-order valence-electron chi connectivity index (χ2n) is 6.09. The van der Waals surface area contributed by atoms with Gasteiger partial charge in [-0.05, 0) is 37.1 Å². The molecule has 3 aromatic rings. The van der Waals surface area contributed by atoms with Crippen LogP contribution in [-0.4, -0.2) is 25.7 Å². The zero-order valence-electron chi connectivity index (χ0n) is 13.2. The van der Waals surface area contributed by atoms with Gasteiger partial charge in [-0.2, -0.15) is 0 Å². The molecule has 1 amide bonds. The first-order valence-corrected chi connectivity index (χ1v) is 8.56. The summed E-state index contributed by atoms with van der Waals surface area (Å²) in [7, 11) is 0. The second-order valence-corrected chi connectivity index (χ2v) is 6.53. The fourth-order valence-electron chi connectivity index (χ4n) is 3.16. The molecule has 0 aliphatic carbocycles. The van der Waals surface area contributed by atoms with Gasteiger partial charge in [-0.3, -0.25) is 4.79 Å². The van der Waals surface area contributed by atoms with Crippen molar-refractivity contribution in [2.24, 2.45) is 0 Å². The first-order chi connectivity index (χ1) is 11.7. The number of benzene rings is 1. The molecular weight excluding hydrogens is 326 g/mol. The molecule has 124 valence electrons. The van der Waals surface area contributed by atoms with Crippen molar-refractivity contribution in [2.45, 2.75) is 38.8 Å². The third kappa shape index (κ3) is 2.89. The Morgan fingerprint density at radius 1 is 1.25 bits per heavy atom. The fraction of sp³-hybridized carbons (Fsp3) is 0.353. The number of halogens is 1. The van der Waals surface area contributed by atoms with E-state index in [0.717, 1.165) is 48.4 Å². The number of nitrogens with zero attached hydrogens (tertiary/aromatic N) is 3. The van der Waals surface area contributed by atoms with Gasteiger partial charge in [-0.1, -0.05) is 18.0 Å². The number of rotatable bonds is 3. The summed E-state index contributed by atoms with van der Waals surface area (Å²) in [4.78, 5) is 15.5. The third-order valence-corrected chi connectivity index (χ3v) is 4.66. The summed E-state index contributed by atoms with van der Waals surface area (Å²) < 4.78 is 2.14. The van der Waals surface area contributed by atoms with E-state index in [9.17, 15) is 4.79 Å². The number of nitrogens with one attached hydrogen (secondary N) is 2. The molecule has 1 aliphatic heterocycles. The van der Waals surface area contributed by atoms with Crippen molar-refractivity contribution in [3.63, 3.8) is 0 Å². The van der Waals surface area contributed by atoms with Crippen LogP contribution in [0.15, 0.2) is 24.3 Å². The largest absolute Gasteiger partial charge is 0.351 e. The summed E-state index contributed by atoms with van der Waals surface area (Å²) in [6.07, 6.45) is 4.47. The molecule has 0 bridgehead atoms. The van der Waals surface area contributed by atoms with Crippen molar-refractivity contribution in [1.29, 1.82) is 0 Å². The minimum atomic E-state index is -0.159. The highest BCUT2D eigenvalue weighted by Crippen LogP contribution is 2.20. The normalized spacial score (nSPS) is 14.4. The van der Waals surface area contributed by atoms with E-state index in [1.807, 2.05) is 12.1 Å². The number of fused-ring (bicyclic) bond motifs is 2. The Balaban J connectivity index is 1.49. The highest BCUT2D eigenvalue weighted by atomic mass is 35.5. The predicted octanol–water partition coefficient (Wildman–Crippen LogP) is 3.07. The lowest BCUT2D eigenvalue weighted by atomic mass is 10.2. The summed E-state index contributed by atoms with van der Waals surface area (Å²) in [5, 5.41) is 13.0. The maximum absolute atomic E-state index is 12.4. The molecule has 7 heteroatoms. The molecule has 6 nitrogen and oxygen atoms in total. The van der Waals surface area contributed by atoms with Gasteiger partial charge in [0.1, 0.15) is 11.5 Å². The van der Waals surface area contributed by atoms with Crippen molar-refractivity contribution >= 4 is 28.4 Å². The molecule has 0 radical (unpaired) electrons. The first kappa shape index (κ1) is 15.2. The van der Waals surface area contributed by atoms with E-state index in [4.69, 9.17) is 11.6 Å². The average molecular weight is 344 g/mol. The van der Waals surface area contributed by atoms with Gasteiger partial charge >= 0.3 is 0 Å². The molecule has 2 N–H and O–H groups in total. The number of carbonyl (C=O) groups is 1. The fourth-order valence-corrected chi connectivity index (χ4v) is 3.34. The van der Waals surface area contributed by atoms with Crippen LogP contribution in [-0.2, 0) is 19.5 Å². The summed E-state index contributed by atoms with van der Waals surface area (Å²) in [6.45, 7) is 1.31.